The monoisotopic (exact) mass is 233 g/mol. The summed E-state index contributed by atoms with van der Waals surface area (Å²) in [6.07, 6.45) is 3.14. The Morgan fingerprint density at radius 1 is 1.41 bits per heavy atom. The molecule has 0 aromatic carbocycles. The molecule has 0 amide bonds. The number of aromatic nitrogens is 3. The molecule has 0 saturated heterocycles. The van der Waals surface area contributed by atoms with Crippen molar-refractivity contribution in [1.29, 1.82) is 0 Å². The van der Waals surface area contributed by atoms with Gasteiger partial charge in [0.25, 0.3) is 0 Å². The molecule has 2 rings (SSSR count). The van der Waals surface area contributed by atoms with Crippen LogP contribution < -0.4 is 10.6 Å². The number of rotatable bonds is 5. The van der Waals surface area contributed by atoms with Crippen molar-refractivity contribution in [2.45, 2.75) is 0 Å². The van der Waals surface area contributed by atoms with E-state index in [9.17, 15) is 4.79 Å². The van der Waals surface area contributed by atoms with Crippen molar-refractivity contribution in [2.75, 3.05) is 17.2 Å². The highest BCUT2D eigenvalue weighted by Crippen LogP contribution is 2.13. The van der Waals surface area contributed by atoms with Crippen LogP contribution >= 0.6 is 0 Å². The molecule has 0 spiro atoms. The van der Waals surface area contributed by atoms with E-state index in [4.69, 9.17) is 5.11 Å². The third kappa shape index (κ3) is 3.20. The van der Waals surface area contributed by atoms with Crippen molar-refractivity contribution < 1.29 is 9.90 Å². The Bertz CT molecular complexity index is 497. The van der Waals surface area contributed by atoms with Gasteiger partial charge in [-0.3, -0.25) is 4.79 Å². The number of hydrogen-bond acceptors (Lipinski definition) is 5. The maximum Gasteiger partial charge on any atom is 0.322 e. The third-order valence-electron chi connectivity index (χ3n) is 1.95. The van der Waals surface area contributed by atoms with Gasteiger partial charge in [-0.05, 0) is 12.1 Å². The second-order valence-corrected chi connectivity index (χ2v) is 3.24. The molecule has 2 aromatic heterocycles. The number of nitrogens with zero attached hydrogens (tertiary/aromatic N) is 2. The SMILES string of the molecule is O=C(O)CNc1cc(Nc2ccc[nH]2)ncn1. The Hall–Kier alpha value is -2.57. The average molecular weight is 233 g/mol. The van der Waals surface area contributed by atoms with E-state index < -0.39 is 5.97 Å². The molecular formula is C10H11N5O2. The number of carbonyl (C=O) groups is 1. The fraction of sp³-hybridized carbons (Fsp3) is 0.100. The summed E-state index contributed by atoms with van der Waals surface area (Å²) in [4.78, 5) is 21.3. The summed E-state index contributed by atoms with van der Waals surface area (Å²) >= 11 is 0. The predicted octanol–water partition coefficient (Wildman–Crippen LogP) is 1.04. The van der Waals surface area contributed by atoms with Crippen LogP contribution in [0.2, 0.25) is 0 Å². The standard InChI is InChI=1S/C10H11N5O2/c16-10(17)5-12-8-4-9(14-6-13-8)15-7-2-1-3-11-7/h1-4,6,11H,5H2,(H,16,17)(H2,12,13,14,15). The van der Waals surface area contributed by atoms with Gasteiger partial charge in [0, 0.05) is 12.3 Å². The lowest BCUT2D eigenvalue weighted by atomic mass is 10.5. The molecule has 7 nitrogen and oxygen atoms in total. The summed E-state index contributed by atoms with van der Waals surface area (Å²) in [5, 5.41) is 14.2. The fourth-order valence-electron chi connectivity index (χ4n) is 1.23. The normalized spacial score (nSPS) is 9.88. The van der Waals surface area contributed by atoms with Crippen molar-refractivity contribution >= 4 is 23.4 Å². The number of H-pyrrole nitrogens is 1. The van der Waals surface area contributed by atoms with Gasteiger partial charge in [-0.25, -0.2) is 9.97 Å². The first kappa shape index (κ1) is 10.9. The Balaban J connectivity index is 2.03. The lowest BCUT2D eigenvalue weighted by Gasteiger charge is -2.05. The maximum absolute atomic E-state index is 10.4. The molecule has 0 bridgehead atoms. The second kappa shape index (κ2) is 4.97. The van der Waals surface area contributed by atoms with Crippen LogP contribution in [0.4, 0.5) is 17.5 Å². The van der Waals surface area contributed by atoms with Crippen molar-refractivity contribution in [3.63, 3.8) is 0 Å². The van der Waals surface area contributed by atoms with Crippen LogP contribution in [-0.2, 0) is 4.79 Å². The number of carboxylic acid groups (broad SMARTS) is 1. The summed E-state index contributed by atoms with van der Waals surface area (Å²) in [7, 11) is 0. The number of carboxylic acids is 1. The van der Waals surface area contributed by atoms with Gasteiger partial charge in [-0.1, -0.05) is 0 Å². The summed E-state index contributed by atoms with van der Waals surface area (Å²) in [6.45, 7) is -0.182. The van der Waals surface area contributed by atoms with Crippen LogP contribution in [0.3, 0.4) is 0 Å². The average Bonchev–Trinajstić information content (AvgIpc) is 2.80. The van der Waals surface area contributed by atoms with E-state index in [2.05, 4.69) is 25.6 Å². The van der Waals surface area contributed by atoms with Gasteiger partial charge in [0.1, 0.15) is 30.3 Å². The van der Waals surface area contributed by atoms with Crippen LogP contribution in [0.5, 0.6) is 0 Å². The van der Waals surface area contributed by atoms with Crippen LogP contribution in [0.25, 0.3) is 0 Å². The van der Waals surface area contributed by atoms with E-state index in [-0.39, 0.29) is 6.54 Å². The molecule has 0 aliphatic heterocycles. The van der Waals surface area contributed by atoms with E-state index >= 15 is 0 Å². The highest BCUT2D eigenvalue weighted by atomic mass is 16.4. The van der Waals surface area contributed by atoms with Crippen molar-refractivity contribution in [3.05, 3.63) is 30.7 Å². The Morgan fingerprint density at radius 3 is 2.94 bits per heavy atom. The molecule has 0 radical (unpaired) electrons. The first-order chi connectivity index (χ1) is 8.24. The molecule has 0 atom stereocenters. The van der Waals surface area contributed by atoms with Gasteiger partial charge in [-0.2, -0.15) is 0 Å². The second-order valence-electron chi connectivity index (χ2n) is 3.24. The third-order valence-corrected chi connectivity index (χ3v) is 1.95. The van der Waals surface area contributed by atoms with Crippen molar-refractivity contribution in [3.8, 4) is 0 Å². The highest BCUT2D eigenvalue weighted by molar-refractivity contribution is 5.72. The number of hydrogen-bond donors (Lipinski definition) is 4. The lowest BCUT2D eigenvalue weighted by Crippen LogP contribution is -2.13. The molecule has 7 heteroatoms. The topological polar surface area (TPSA) is 103 Å². The molecular weight excluding hydrogens is 222 g/mol. The number of anilines is 3. The van der Waals surface area contributed by atoms with E-state index in [1.165, 1.54) is 6.33 Å². The van der Waals surface area contributed by atoms with Crippen LogP contribution in [-0.4, -0.2) is 32.6 Å². The molecule has 0 aliphatic carbocycles. The summed E-state index contributed by atoms with van der Waals surface area (Å²) in [5.74, 6) is 0.891. The van der Waals surface area contributed by atoms with Crippen LogP contribution in [0.15, 0.2) is 30.7 Å². The van der Waals surface area contributed by atoms with Crippen LogP contribution in [0.1, 0.15) is 0 Å². The molecule has 2 aromatic rings. The van der Waals surface area contributed by atoms with E-state index in [0.717, 1.165) is 5.82 Å². The quantitative estimate of drug-likeness (QED) is 0.615. The molecule has 0 aliphatic rings. The summed E-state index contributed by atoms with van der Waals surface area (Å²) < 4.78 is 0. The zero-order valence-corrected chi connectivity index (χ0v) is 8.84. The maximum atomic E-state index is 10.4. The van der Waals surface area contributed by atoms with Gasteiger partial charge in [-0.15, -0.1) is 0 Å². The van der Waals surface area contributed by atoms with Gasteiger partial charge >= 0.3 is 5.97 Å². The Kier molecular flexibility index (Phi) is 3.20. The lowest BCUT2D eigenvalue weighted by molar-refractivity contribution is -0.134. The van der Waals surface area contributed by atoms with Crippen LogP contribution in [0, 0.1) is 0 Å². The molecule has 0 saturated carbocycles. The molecule has 0 unspecified atom stereocenters. The molecule has 4 N–H and O–H groups in total. The summed E-state index contributed by atoms with van der Waals surface area (Å²) in [6, 6.07) is 5.34. The first-order valence-corrected chi connectivity index (χ1v) is 4.92. The molecule has 88 valence electrons. The van der Waals surface area contributed by atoms with Gasteiger partial charge in [0.05, 0.1) is 0 Å². The van der Waals surface area contributed by atoms with E-state index in [1.54, 1.807) is 12.3 Å². The summed E-state index contributed by atoms with van der Waals surface area (Å²) in [5.41, 5.74) is 0. The van der Waals surface area contributed by atoms with E-state index in [1.807, 2.05) is 12.1 Å². The molecule has 17 heavy (non-hydrogen) atoms. The molecule has 2 heterocycles. The minimum atomic E-state index is -0.942. The van der Waals surface area contributed by atoms with Crippen molar-refractivity contribution in [1.82, 2.24) is 15.0 Å². The molecule has 0 fully saturated rings. The Labute approximate surface area is 96.9 Å². The van der Waals surface area contributed by atoms with Crippen molar-refractivity contribution in [2.24, 2.45) is 0 Å². The number of aliphatic carboxylic acids is 1. The highest BCUT2D eigenvalue weighted by Gasteiger charge is 2.01. The van der Waals surface area contributed by atoms with Gasteiger partial charge < -0.3 is 20.7 Å². The smallest absolute Gasteiger partial charge is 0.322 e. The first-order valence-electron chi connectivity index (χ1n) is 4.92. The minimum Gasteiger partial charge on any atom is -0.480 e. The zero-order valence-electron chi connectivity index (χ0n) is 8.84. The number of aromatic amines is 1. The predicted molar refractivity (Wildman–Crippen MR) is 62.2 cm³/mol. The largest absolute Gasteiger partial charge is 0.480 e. The zero-order chi connectivity index (χ0) is 12.1. The van der Waals surface area contributed by atoms with Gasteiger partial charge in [0.15, 0.2) is 0 Å². The Morgan fingerprint density at radius 2 is 2.24 bits per heavy atom. The minimum absolute atomic E-state index is 0.182. The van der Waals surface area contributed by atoms with E-state index in [0.29, 0.717) is 11.6 Å². The van der Waals surface area contributed by atoms with Gasteiger partial charge in [0.2, 0.25) is 0 Å². The fourth-order valence-corrected chi connectivity index (χ4v) is 1.23. The number of nitrogens with one attached hydrogen (secondary N) is 3.